The van der Waals surface area contributed by atoms with Crippen LogP contribution >= 0.6 is 0 Å². The SMILES string of the molecule is O=C(c1ccc(-c2c(F)cnc3[nH]c4cnc(-c5cccnc5)cc4c23)cc1)N1CCC(N2CCCC2)C1. The molecule has 7 rings (SSSR count). The largest absolute Gasteiger partial charge is 0.338 e. The summed E-state index contributed by atoms with van der Waals surface area (Å²) in [7, 11) is 0. The third kappa shape index (κ3) is 3.92. The van der Waals surface area contributed by atoms with E-state index in [1.165, 1.54) is 19.0 Å². The molecule has 1 unspecified atom stereocenters. The Morgan fingerprint density at radius 2 is 1.82 bits per heavy atom. The highest BCUT2D eigenvalue weighted by Gasteiger charge is 2.32. The van der Waals surface area contributed by atoms with Gasteiger partial charge in [-0.1, -0.05) is 12.1 Å². The standard InChI is InChI=1S/C30H27FN6O/c31-24-16-34-29-28(23-14-25(33-17-26(23)35-29)21-4-3-10-32-15-21)27(24)19-5-7-20(8-6-19)30(38)37-13-9-22(18-37)36-11-1-2-12-36/h3-8,10,14-17,22H,1-2,9,11-13,18H2,(H,34,35). The molecule has 2 aliphatic rings. The predicted molar refractivity (Wildman–Crippen MR) is 145 cm³/mol. The molecule has 8 heteroatoms. The van der Waals surface area contributed by atoms with E-state index in [2.05, 4.69) is 24.8 Å². The number of nitrogens with one attached hydrogen (secondary N) is 1. The molecule has 5 aromatic rings. The van der Waals surface area contributed by atoms with Gasteiger partial charge in [-0.15, -0.1) is 0 Å². The molecule has 1 amide bonds. The number of rotatable bonds is 4. The summed E-state index contributed by atoms with van der Waals surface area (Å²) in [4.78, 5) is 34.0. The number of nitrogens with zero attached hydrogens (tertiary/aromatic N) is 5. The zero-order valence-electron chi connectivity index (χ0n) is 20.9. The second-order valence-corrected chi connectivity index (χ2v) is 10.2. The van der Waals surface area contributed by atoms with E-state index < -0.39 is 5.82 Å². The van der Waals surface area contributed by atoms with E-state index in [4.69, 9.17) is 0 Å². The van der Waals surface area contributed by atoms with Crippen LogP contribution in [0, 0.1) is 5.82 Å². The number of hydrogen-bond acceptors (Lipinski definition) is 5. The first kappa shape index (κ1) is 23.0. The zero-order valence-corrected chi connectivity index (χ0v) is 20.9. The Morgan fingerprint density at radius 3 is 2.61 bits per heavy atom. The molecule has 0 bridgehead atoms. The van der Waals surface area contributed by atoms with E-state index in [0.29, 0.717) is 33.8 Å². The number of likely N-dealkylation sites (tertiary alicyclic amines) is 2. The summed E-state index contributed by atoms with van der Waals surface area (Å²) in [6.07, 6.45) is 9.99. The molecule has 2 aliphatic heterocycles. The topological polar surface area (TPSA) is 78.0 Å². The Balaban J connectivity index is 1.23. The summed E-state index contributed by atoms with van der Waals surface area (Å²) in [5.41, 5.74) is 4.78. The number of carbonyl (C=O) groups excluding carboxylic acids is 1. The molecule has 38 heavy (non-hydrogen) atoms. The van der Waals surface area contributed by atoms with Crippen molar-refractivity contribution >= 4 is 27.8 Å². The number of halogens is 1. The van der Waals surface area contributed by atoms with E-state index in [9.17, 15) is 4.79 Å². The lowest BCUT2D eigenvalue weighted by atomic mass is 9.99. The van der Waals surface area contributed by atoms with Crippen LogP contribution in [-0.4, -0.2) is 67.9 Å². The number of aromatic nitrogens is 4. The van der Waals surface area contributed by atoms with Crippen LogP contribution in [0.1, 0.15) is 29.6 Å². The Kier molecular flexibility index (Phi) is 5.62. The number of H-pyrrole nitrogens is 1. The van der Waals surface area contributed by atoms with Crippen LogP contribution in [0.4, 0.5) is 4.39 Å². The molecule has 4 aromatic heterocycles. The Morgan fingerprint density at radius 1 is 0.974 bits per heavy atom. The molecule has 2 saturated heterocycles. The molecule has 6 heterocycles. The van der Waals surface area contributed by atoms with Gasteiger partial charge in [-0.3, -0.25) is 19.7 Å². The third-order valence-corrected chi connectivity index (χ3v) is 7.94. The molecule has 1 N–H and O–H groups in total. The molecule has 1 atom stereocenters. The van der Waals surface area contributed by atoms with Crippen molar-refractivity contribution in [1.29, 1.82) is 0 Å². The van der Waals surface area contributed by atoms with Gasteiger partial charge in [0.25, 0.3) is 5.91 Å². The molecular weight excluding hydrogens is 479 g/mol. The van der Waals surface area contributed by atoms with Gasteiger partial charge < -0.3 is 9.88 Å². The van der Waals surface area contributed by atoms with Crippen LogP contribution in [0.5, 0.6) is 0 Å². The van der Waals surface area contributed by atoms with Gasteiger partial charge in [0.1, 0.15) is 11.5 Å². The molecule has 0 radical (unpaired) electrons. The third-order valence-electron chi connectivity index (χ3n) is 7.94. The molecule has 2 fully saturated rings. The average Bonchev–Trinajstić information content (AvgIpc) is 3.73. The summed E-state index contributed by atoms with van der Waals surface area (Å²) in [5.74, 6) is -0.372. The van der Waals surface area contributed by atoms with Gasteiger partial charge in [0.05, 0.1) is 23.6 Å². The van der Waals surface area contributed by atoms with Crippen LogP contribution in [0.25, 0.3) is 44.3 Å². The van der Waals surface area contributed by atoms with Gasteiger partial charge in [0.15, 0.2) is 0 Å². The van der Waals surface area contributed by atoms with Crippen LogP contribution in [0.2, 0.25) is 0 Å². The van der Waals surface area contributed by atoms with Gasteiger partial charge in [-0.25, -0.2) is 9.37 Å². The van der Waals surface area contributed by atoms with Gasteiger partial charge in [-0.05, 0) is 68.2 Å². The van der Waals surface area contributed by atoms with Crippen molar-refractivity contribution in [3.63, 3.8) is 0 Å². The Hall–Kier alpha value is -4.17. The predicted octanol–water partition coefficient (Wildman–Crippen LogP) is 5.29. The Labute approximate surface area is 219 Å². The highest BCUT2D eigenvalue weighted by molar-refractivity contribution is 6.13. The van der Waals surface area contributed by atoms with Crippen LogP contribution in [0.15, 0.2) is 67.3 Å². The first-order valence-corrected chi connectivity index (χ1v) is 13.2. The number of aromatic amines is 1. The van der Waals surface area contributed by atoms with Crippen LogP contribution < -0.4 is 0 Å². The molecule has 0 spiro atoms. The molecule has 0 aliphatic carbocycles. The summed E-state index contributed by atoms with van der Waals surface area (Å²) in [6, 6.07) is 13.5. The normalized spacial score (nSPS) is 18.1. The number of hydrogen-bond donors (Lipinski definition) is 1. The van der Waals surface area contributed by atoms with Gasteiger partial charge in [-0.2, -0.15) is 0 Å². The zero-order chi connectivity index (χ0) is 25.6. The van der Waals surface area contributed by atoms with E-state index in [1.807, 2.05) is 47.4 Å². The number of benzene rings is 1. The minimum absolute atomic E-state index is 0.0397. The smallest absolute Gasteiger partial charge is 0.253 e. The summed E-state index contributed by atoms with van der Waals surface area (Å²) in [5, 5.41) is 1.53. The fraction of sp³-hybridized carbons (Fsp3) is 0.267. The number of amides is 1. The summed E-state index contributed by atoms with van der Waals surface area (Å²) in [6.45, 7) is 3.84. The monoisotopic (exact) mass is 506 g/mol. The quantitative estimate of drug-likeness (QED) is 0.358. The number of pyridine rings is 3. The maximum absolute atomic E-state index is 15.3. The van der Waals surface area contributed by atoms with Gasteiger partial charge in [0, 0.05) is 59.0 Å². The Bertz CT molecular complexity index is 1640. The average molecular weight is 507 g/mol. The molecule has 0 saturated carbocycles. The van der Waals surface area contributed by atoms with Crippen molar-refractivity contribution in [3.8, 4) is 22.4 Å². The van der Waals surface area contributed by atoms with E-state index in [1.54, 1.807) is 18.6 Å². The fourth-order valence-electron chi connectivity index (χ4n) is 5.98. The van der Waals surface area contributed by atoms with Crippen molar-refractivity contribution < 1.29 is 9.18 Å². The van der Waals surface area contributed by atoms with Crippen molar-refractivity contribution in [3.05, 3.63) is 78.6 Å². The minimum Gasteiger partial charge on any atom is -0.338 e. The first-order chi connectivity index (χ1) is 18.7. The maximum atomic E-state index is 15.3. The lowest BCUT2D eigenvalue weighted by Gasteiger charge is -2.23. The molecule has 7 nitrogen and oxygen atoms in total. The maximum Gasteiger partial charge on any atom is 0.253 e. The van der Waals surface area contributed by atoms with Crippen molar-refractivity contribution in [2.24, 2.45) is 0 Å². The summed E-state index contributed by atoms with van der Waals surface area (Å²) >= 11 is 0. The van der Waals surface area contributed by atoms with Crippen LogP contribution in [-0.2, 0) is 0 Å². The fourth-order valence-corrected chi connectivity index (χ4v) is 5.98. The summed E-state index contributed by atoms with van der Waals surface area (Å²) < 4.78 is 15.3. The molecular formula is C30H27FN6O. The van der Waals surface area contributed by atoms with Crippen LogP contribution in [0.3, 0.4) is 0 Å². The van der Waals surface area contributed by atoms with Gasteiger partial charge >= 0.3 is 0 Å². The highest BCUT2D eigenvalue weighted by Crippen LogP contribution is 2.36. The molecule has 190 valence electrons. The van der Waals surface area contributed by atoms with Crippen molar-refractivity contribution in [2.45, 2.75) is 25.3 Å². The second-order valence-electron chi connectivity index (χ2n) is 10.2. The lowest BCUT2D eigenvalue weighted by molar-refractivity contribution is 0.0780. The van der Waals surface area contributed by atoms with E-state index in [0.717, 1.165) is 54.8 Å². The highest BCUT2D eigenvalue weighted by atomic mass is 19.1. The van der Waals surface area contributed by atoms with Crippen molar-refractivity contribution in [2.75, 3.05) is 26.2 Å². The number of fused-ring (bicyclic) bond motifs is 3. The molecule has 1 aromatic carbocycles. The van der Waals surface area contributed by atoms with E-state index >= 15 is 4.39 Å². The van der Waals surface area contributed by atoms with Crippen molar-refractivity contribution in [1.82, 2.24) is 29.7 Å². The van der Waals surface area contributed by atoms with Gasteiger partial charge in [0.2, 0.25) is 0 Å². The minimum atomic E-state index is -0.412. The number of carbonyl (C=O) groups is 1. The second kappa shape index (κ2) is 9.29. The van der Waals surface area contributed by atoms with E-state index in [-0.39, 0.29) is 5.91 Å². The first-order valence-electron chi connectivity index (χ1n) is 13.2. The lowest BCUT2D eigenvalue weighted by Crippen LogP contribution is -2.37.